The quantitative estimate of drug-likeness (QED) is 0.328. The summed E-state index contributed by atoms with van der Waals surface area (Å²) >= 11 is 6.70. The third kappa shape index (κ3) is 5.86. The maximum atomic E-state index is 5.30. The fourth-order valence-corrected chi connectivity index (χ4v) is 3.71. The van der Waals surface area contributed by atoms with Gasteiger partial charge in [0.1, 0.15) is 10.8 Å². The van der Waals surface area contributed by atoms with E-state index in [2.05, 4.69) is 49.0 Å². The van der Waals surface area contributed by atoms with Gasteiger partial charge >= 0.3 is 0 Å². The Kier molecular flexibility index (Phi) is 6.94. The Morgan fingerprint density at radius 1 is 1.41 bits per heavy atom. The Morgan fingerprint density at radius 2 is 2.22 bits per heavy atom. The second-order valence-corrected chi connectivity index (χ2v) is 7.73. The van der Waals surface area contributed by atoms with Crippen molar-refractivity contribution >= 4 is 40.9 Å². The summed E-state index contributed by atoms with van der Waals surface area (Å²) in [6, 6.07) is 3.78. The van der Waals surface area contributed by atoms with E-state index in [0.717, 1.165) is 30.4 Å². The van der Waals surface area contributed by atoms with E-state index in [-0.39, 0.29) is 0 Å². The number of nitrogens with zero attached hydrogens (tertiary/aromatic N) is 5. The summed E-state index contributed by atoms with van der Waals surface area (Å²) in [6.45, 7) is 8.51. The van der Waals surface area contributed by atoms with E-state index in [1.807, 2.05) is 6.07 Å². The van der Waals surface area contributed by atoms with E-state index in [9.17, 15) is 0 Å². The van der Waals surface area contributed by atoms with Gasteiger partial charge in [0.05, 0.1) is 0 Å². The lowest BCUT2D eigenvalue weighted by Gasteiger charge is -2.32. The zero-order valence-electron chi connectivity index (χ0n) is 15.3. The number of anilines is 2. The molecular weight excluding hydrogens is 378 g/mol. The second-order valence-electron chi connectivity index (χ2n) is 6.34. The summed E-state index contributed by atoms with van der Waals surface area (Å²) in [4.78, 5) is 20.1. The third-order valence-electron chi connectivity index (χ3n) is 4.04. The van der Waals surface area contributed by atoms with Crippen molar-refractivity contribution in [2.75, 3.05) is 29.9 Å². The Labute approximate surface area is 169 Å². The molecule has 0 unspecified atom stereocenters. The molecule has 142 valence electrons. The highest BCUT2D eigenvalue weighted by atomic mass is 32.2. The van der Waals surface area contributed by atoms with Crippen molar-refractivity contribution in [3.8, 4) is 0 Å². The molecule has 2 aromatic rings. The summed E-state index contributed by atoms with van der Waals surface area (Å²) in [6.07, 6.45) is 7.60. The summed E-state index contributed by atoms with van der Waals surface area (Å²) in [5, 5.41) is 7.98. The maximum Gasteiger partial charge on any atom is 0.232 e. The zero-order valence-corrected chi connectivity index (χ0v) is 16.9. The molecule has 27 heavy (non-hydrogen) atoms. The Balaban J connectivity index is 1.84. The van der Waals surface area contributed by atoms with Gasteiger partial charge in [0.15, 0.2) is 10.3 Å². The first-order chi connectivity index (χ1) is 13.1. The van der Waals surface area contributed by atoms with Gasteiger partial charge in [0, 0.05) is 38.1 Å². The van der Waals surface area contributed by atoms with Crippen LogP contribution in [0.5, 0.6) is 0 Å². The van der Waals surface area contributed by atoms with Crippen LogP contribution in [0.15, 0.2) is 47.4 Å². The SMILES string of the molecule is C=CCNC(=S)Nc1nc(Sc2ncccn2)cc(N2CCC[C@H](C)C2)n1. The second kappa shape index (κ2) is 9.61. The van der Waals surface area contributed by atoms with E-state index in [0.29, 0.717) is 28.7 Å². The largest absolute Gasteiger partial charge is 0.359 e. The average Bonchev–Trinajstić information content (AvgIpc) is 2.67. The molecule has 0 aromatic carbocycles. The fraction of sp³-hybridized carbons (Fsp3) is 0.389. The molecule has 0 bridgehead atoms. The molecule has 1 fully saturated rings. The lowest BCUT2D eigenvalue weighted by atomic mass is 10.0. The van der Waals surface area contributed by atoms with E-state index in [1.165, 1.54) is 18.2 Å². The number of hydrogen-bond acceptors (Lipinski definition) is 7. The number of hydrogen-bond donors (Lipinski definition) is 2. The normalized spacial score (nSPS) is 16.6. The predicted molar refractivity (Wildman–Crippen MR) is 113 cm³/mol. The summed E-state index contributed by atoms with van der Waals surface area (Å²) in [5.74, 6) is 2.00. The summed E-state index contributed by atoms with van der Waals surface area (Å²) in [5.41, 5.74) is 0. The molecular formula is C18H23N7S2. The lowest BCUT2D eigenvalue weighted by molar-refractivity contribution is 0.444. The minimum atomic E-state index is 0.464. The first-order valence-corrected chi connectivity index (χ1v) is 10.1. The minimum Gasteiger partial charge on any atom is -0.359 e. The van der Waals surface area contributed by atoms with Gasteiger partial charge in [-0.25, -0.2) is 15.0 Å². The molecule has 1 saturated heterocycles. The molecule has 9 heteroatoms. The molecule has 0 saturated carbocycles. The first kappa shape index (κ1) is 19.5. The van der Waals surface area contributed by atoms with Gasteiger partial charge < -0.3 is 15.5 Å². The smallest absolute Gasteiger partial charge is 0.232 e. The fourth-order valence-electron chi connectivity index (χ4n) is 2.82. The van der Waals surface area contributed by atoms with Gasteiger partial charge in [-0.15, -0.1) is 6.58 Å². The van der Waals surface area contributed by atoms with E-state index >= 15 is 0 Å². The standard InChI is InChI=1S/C18H23N7S2/c1-3-7-19-17(26)24-16-22-14(25-10-4-6-13(2)12-25)11-15(23-16)27-18-20-8-5-9-21-18/h3,5,8-9,11,13H,1,4,6-7,10,12H2,2H3,(H2,19,22,23,24,26)/t13-/m0/s1. The van der Waals surface area contributed by atoms with Crippen molar-refractivity contribution in [3.63, 3.8) is 0 Å². The Hall–Kier alpha value is -2.26. The molecule has 2 N–H and O–H groups in total. The zero-order chi connectivity index (χ0) is 19.1. The van der Waals surface area contributed by atoms with Crippen LogP contribution in [0, 0.1) is 5.92 Å². The van der Waals surface area contributed by atoms with Crippen molar-refractivity contribution in [1.82, 2.24) is 25.3 Å². The van der Waals surface area contributed by atoms with Crippen LogP contribution in [-0.4, -0.2) is 44.7 Å². The molecule has 3 heterocycles. The van der Waals surface area contributed by atoms with E-state index in [1.54, 1.807) is 24.5 Å². The lowest BCUT2D eigenvalue weighted by Crippen LogP contribution is -2.35. The van der Waals surface area contributed by atoms with Crippen LogP contribution >= 0.6 is 24.0 Å². The number of rotatable bonds is 6. The van der Waals surface area contributed by atoms with Crippen LogP contribution in [-0.2, 0) is 0 Å². The van der Waals surface area contributed by atoms with Gasteiger partial charge in [-0.1, -0.05) is 13.0 Å². The van der Waals surface area contributed by atoms with Gasteiger partial charge in [-0.2, -0.15) is 4.98 Å². The third-order valence-corrected chi connectivity index (χ3v) is 5.10. The number of piperidine rings is 1. The van der Waals surface area contributed by atoms with Crippen molar-refractivity contribution in [1.29, 1.82) is 0 Å². The Morgan fingerprint density at radius 3 is 2.96 bits per heavy atom. The van der Waals surface area contributed by atoms with E-state index in [4.69, 9.17) is 12.2 Å². The number of nitrogens with one attached hydrogen (secondary N) is 2. The molecule has 2 aromatic heterocycles. The van der Waals surface area contributed by atoms with Crippen LogP contribution in [0.1, 0.15) is 19.8 Å². The molecule has 7 nitrogen and oxygen atoms in total. The molecule has 1 atom stereocenters. The van der Waals surface area contributed by atoms with Gasteiger partial charge in [-0.05, 0) is 48.8 Å². The van der Waals surface area contributed by atoms with E-state index < -0.39 is 0 Å². The molecule has 0 amide bonds. The van der Waals surface area contributed by atoms with Gasteiger partial charge in [0.2, 0.25) is 5.95 Å². The minimum absolute atomic E-state index is 0.464. The summed E-state index contributed by atoms with van der Waals surface area (Å²) in [7, 11) is 0. The highest BCUT2D eigenvalue weighted by molar-refractivity contribution is 7.99. The van der Waals surface area contributed by atoms with Gasteiger partial charge in [0.25, 0.3) is 0 Å². The summed E-state index contributed by atoms with van der Waals surface area (Å²) < 4.78 is 0. The van der Waals surface area contributed by atoms with Crippen LogP contribution < -0.4 is 15.5 Å². The van der Waals surface area contributed by atoms with Crippen molar-refractivity contribution in [2.45, 2.75) is 29.9 Å². The topological polar surface area (TPSA) is 78.9 Å². The van der Waals surface area contributed by atoms with Crippen molar-refractivity contribution in [2.24, 2.45) is 5.92 Å². The first-order valence-electron chi connectivity index (χ1n) is 8.88. The molecule has 0 aliphatic carbocycles. The van der Waals surface area contributed by atoms with Crippen LogP contribution in [0.2, 0.25) is 0 Å². The molecule has 0 spiro atoms. The highest BCUT2D eigenvalue weighted by Crippen LogP contribution is 2.28. The average molecular weight is 402 g/mol. The molecule has 0 radical (unpaired) electrons. The van der Waals surface area contributed by atoms with Gasteiger partial charge in [-0.3, -0.25) is 0 Å². The number of thiocarbonyl (C=S) groups is 1. The molecule has 1 aliphatic rings. The number of aromatic nitrogens is 4. The van der Waals surface area contributed by atoms with Crippen molar-refractivity contribution in [3.05, 3.63) is 37.2 Å². The predicted octanol–water partition coefficient (Wildman–Crippen LogP) is 3.13. The van der Waals surface area contributed by atoms with Crippen LogP contribution in [0.4, 0.5) is 11.8 Å². The maximum absolute atomic E-state index is 5.30. The van der Waals surface area contributed by atoms with Crippen molar-refractivity contribution < 1.29 is 0 Å². The van der Waals surface area contributed by atoms with Crippen LogP contribution in [0.25, 0.3) is 0 Å². The Bertz CT molecular complexity index is 785. The van der Waals surface area contributed by atoms with Crippen LogP contribution in [0.3, 0.4) is 0 Å². The molecule has 1 aliphatic heterocycles. The highest BCUT2D eigenvalue weighted by Gasteiger charge is 2.19. The molecule has 3 rings (SSSR count). The monoisotopic (exact) mass is 401 g/mol.